The fourth-order valence-corrected chi connectivity index (χ4v) is 5.88. The molecule has 1 N–H and O–H groups in total. The van der Waals surface area contributed by atoms with Crippen LogP contribution in [0.4, 0.5) is 0 Å². The highest BCUT2D eigenvalue weighted by Crippen LogP contribution is 2.36. The van der Waals surface area contributed by atoms with Crippen LogP contribution in [-0.4, -0.2) is 47.3 Å². The van der Waals surface area contributed by atoms with E-state index < -0.39 is 5.91 Å². The number of amidine groups is 2. The Morgan fingerprint density at radius 2 is 1.83 bits per heavy atom. The Morgan fingerprint density at radius 3 is 2.59 bits per heavy atom. The second-order valence-electron chi connectivity index (χ2n) is 9.12. The van der Waals surface area contributed by atoms with Crippen LogP contribution in [-0.2, 0) is 11.2 Å². The summed E-state index contributed by atoms with van der Waals surface area (Å²) >= 11 is 3.44. The average molecular weight is 679 g/mol. The fourth-order valence-electron chi connectivity index (χ4n) is 4.20. The Balaban J connectivity index is 1.31. The largest absolute Gasteiger partial charge is 0.493 e. The van der Waals surface area contributed by atoms with Crippen LogP contribution in [0.5, 0.6) is 17.2 Å². The number of ether oxygens (including phenoxy) is 3. The number of hydrogen-bond donors (Lipinski definition) is 1. The summed E-state index contributed by atoms with van der Waals surface area (Å²) in [6, 6.07) is 19.4. The molecule has 8 nitrogen and oxygen atoms in total. The second-order valence-corrected chi connectivity index (χ2v) is 11.2. The van der Waals surface area contributed by atoms with Gasteiger partial charge in [-0.2, -0.15) is 15.1 Å². The number of methoxy groups -OCH3 is 1. The molecule has 0 aromatic heterocycles. The number of allylic oxidation sites excluding steroid dienone is 1. The van der Waals surface area contributed by atoms with Gasteiger partial charge in [-0.15, -0.1) is 6.58 Å². The van der Waals surface area contributed by atoms with Gasteiger partial charge in [-0.25, -0.2) is 0 Å². The molecule has 0 radical (unpaired) electrons. The van der Waals surface area contributed by atoms with Crippen molar-refractivity contribution in [1.82, 2.24) is 5.01 Å². The summed E-state index contributed by atoms with van der Waals surface area (Å²) in [5.41, 5.74) is 3.93. The van der Waals surface area contributed by atoms with Crippen molar-refractivity contribution in [2.75, 3.05) is 20.3 Å². The predicted molar refractivity (Wildman–Crippen MR) is 172 cm³/mol. The first kappa shape index (κ1) is 28.6. The van der Waals surface area contributed by atoms with Crippen molar-refractivity contribution in [2.45, 2.75) is 13.3 Å². The van der Waals surface area contributed by atoms with E-state index in [4.69, 9.17) is 19.6 Å². The number of fused-ring (bicyclic) bond motifs is 1. The minimum absolute atomic E-state index is 0.0298. The van der Waals surface area contributed by atoms with Gasteiger partial charge in [-0.3, -0.25) is 10.2 Å². The molecule has 10 heteroatoms. The maximum absolute atomic E-state index is 12.9. The maximum atomic E-state index is 12.9. The minimum atomic E-state index is -0.489. The number of carbonyl (C=O) groups excluding carboxylic acids is 1. The van der Waals surface area contributed by atoms with Crippen LogP contribution in [0.15, 0.2) is 89.0 Å². The predicted octanol–water partition coefficient (Wildman–Crippen LogP) is 6.46. The van der Waals surface area contributed by atoms with E-state index >= 15 is 0 Å². The van der Waals surface area contributed by atoms with Gasteiger partial charge in [0.25, 0.3) is 5.91 Å². The first-order valence-electron chi connectivity index (χ1n) is 12.8. The fraction of sp³-hybridized carbons (Fsp3) is 0.161. The first-order valence-corrected chi connectivity index (χ1v) is 14.7. The monoisotopic (exact) mass is 678 g/mol. The highest BCUT2D eigenvalue weighted by atomic mass is 127. The molecule has 0 unspecified atom stereocenters. The standard InChI is InChI=1S/C31H27IN4O4S/c1-4-7-21-8-5-6-9-25(21)39-14-15-40-27-24(32)17-20(18-26(27)38-3)16-23-28(33)36-31(34-29(23)37)41-30(35-36)22-12-10-19(2)11-13-22/h4-6,8-13,16-18,33H,1,7,14-15H2,2-3H3/b23-16-,33-28?. The van der Waals surface area contributed by atoms with Crippen LogP contribution in [0.25, 0.3) is 6.08 Å². The third kappa shape index (κ3) is 6.38. The number of aryl methyl sites for hydroxylation is 1. The van der Waals surface area contributed by atoms with Crippen molar-refractivity contribution in [3.8, 4) is 17.2 Å². The third-order valence-corrected chi connectivity index (χ3v) is 8.00. The molecular formula is C31H27IN4O4S. The molecule has 5 rings (SSSR count). The lowest BCUT2D eigenvalue weighted by Crippen LogP contribution is -2.35. The van der Waals surface area contributed by atoms with Crippen LogP contribution in [0.1, 0.15) is 22.3 Å². The van der Waals surface area contributed by atoms with Gasteiger partial charge in [-0.1, -0.05) is 54.1 Å². The normalized spacial score (nSPS) is 15.4. The number of halogens is 1. The Kier molecular flexibility index (Phi) is 8.89. The van der Waals surface area contributed by atoms with Gasteiger partial charge in [0.05, 0.1) is 16.3 Å². The summed E-state index contributed by atoms with van der Waals surface area (Å²) in [6.45, 7) is 6.48. The smallest absolute Gasteiger partial charge is 0.283 e. The quantitative estimate of drug-likeness (QED) is 0.115. The zero-order valence-electron chi connectivity index (χ0n) is 22.5. The van der Waals surface area contributed by atoms with Crippen LogP contribution in [0.2, 0.25) is 0 Å². The number of nitrogens with one attached hydrogen (secondary N) is 1. The Bertz CT molecular complexity index is 1610. The van der Waals surface area contributed by atoms with E-state index in [-0.39, 0.29) is 11.4 Å². The minimum Gasteiger partial charge on any atom is -0.493 e. The van der Waals surface area contributed by atoms with Crippen LogP contribution >= 0.6 is 34.4 Å². The molecule has 0 saturated heterocycles. The Morgan fingerprint density at radius 1 is 1.07 bits per heavy atom. The van der Waals surface area contributed by atoms with Crippen LogP contribution in [0.3, 0.4) is 0 Å². The van der Waals surface area contributed by atoms with Crippen LogP contribution in [0, 0.1) is 15.9 Å². The molecule has 3 aromatic carbocycles. The van der Waals surface area contributed by atoms with E-state index in [1.54, 1.807) is 19.3 Å². The highest BCUT2D eigenvalue weighted by Gasteiger charge is 2.36. The first-order chi connectivity index (χ1) is 19.9. The molecule has 0 aliphatic carbocycles. The lowest BCUT2D eigenvalue weighted by Gasteiger charge is -2.20. The Labute approximate surface area is 256 Å². The van der Waals surface area contributed by atoms with Gasteiger partial charge in [0, 0.05) is 5.56 Å². The summed E-state index contributed by atoms with van der Waals surface area (Å²) < 4.78 is 18.4. The number of rotatable bonds is 10. The Hall–Kier alpha value is -3.90. The molecule has 2 aliphatic rings. The van der Waals surface area contributed by atoms with E-state index in [1.165, 1.54) is 16.8 Å². The molecule has 0 saturated carbocycles. The summed E-state index contributed by atoms with van der Waals surface area (Å²) in [5, 5.41) is 15.7. The van der Waals surface area contributed by atoms with Crippen molar-refractivity contribution < 1.29 is 19.0 Å². The van der Waals surface area contributed by atoms with Gasteiger partial charge in [0.1, 0.15) is 24.0 Å². The molecule has 0 bridgehead atoms. The number of carbonyl (C=O) groups is 1. The number of hydrazone groups is 1. The van der Waals surface area contributed by atoms with Crippen molar-refractivity contribution in [3.05, 3.63) is 105 Å². The molecule has 3 aromatic rings. The number of hydrogen-bond acceptors (Lipinski definition) is 7. The molecule has 0 fully saturated rings. The molecule has 0 atom stereocenters. The molecule has 2 aliphatic heterocycles. The number of amides is 1. The van der Waals surface area contributed by atoms with E-state index in [2.05, 4.69) is 39.3 Å². The van der Waals surface area contributed by atoms with E-state index in [1.807, 2.05) is 67.6 Å². The number of benzene rings is 3. The molecule has 208 valence electrons. The van der Waals surface area contributed by atoms with Gasteiger partial charge >= 0.3 is 0 Å². The summed E-state index contributed by atoms with van der Waals surface area (Å²) in [5.74, 6) is 1.37. The molecule has 2 heterocycles. The van der Waals surface area contributed by atoms with Crippen LogP contribution < -0.4 is 14.2 Å². The zero-order valence-corrected chi connectivity index (χ0v) is 25.5. The maximum Gasteiger partial charge on any atom is 0.283 e. The number of nitrogens with zero attached hydrogens (tertiary/aromatic N) is 3. The highest BCUT2D eigenvalue weighted by molar-refractivity contribution is 14.1. The SMILES string of the molecule is C=CCc1ccccc1OCCOc1c(I)cc(/C=C2/C(=N)N3N=C(c4ccc(C)cc4)SC3=NC2=O)cc1OC. The van der Waals surface area contributed by atoms with Crippen molar-refractivity contribution in [2.24, 2.45) is 10.1 Å². The topological polar surface area (TPSA) is 96.6 Å². The zero-order chi connectivity index (χ0) is 28.9. The third-order valence-electron chi connectivity index (χ3n) is 6.24. The van der Waals surface area contributed by atoms with E-state index in [9.17, 15) is 4.79 Å². The molecule has 1 amide bonds. The summed E-state index contributed by atoms with van der Waals surface area (Å²) in [7, 11) is 1.56. The summed E-state index contributed by atoms with van der Waals surface area (Å²) in [4.78, 5) is 17.1. The van der Waals surface area contributed by atoms with Gasteiger partial charge in [0.2, 0.25) is 5.17 Å². The van der Waals surface area contributed by atoms with Crippen molar-refractivity contribution >= 4 is 62.4 Å². The van der Waals surface area contributed by atoms with E-state index in [0.29, 0.717) is 40.5 Å². The van der Waals surface area contributed by atoms with Gasteiger partial charge in [0.15, 0.2) is 17.3 Å². The van der Waals surface area contributed by atoms with Crippen molar-refractivity contribution in [1.29, 1.82) is 5.41 Å². The lowest BCUT2D eigenvalue weighted by molar-refractivity contribution is -0.114. The molecule has 41 heavy (non-hydrogen) atoms. The lowest BCUT2D eigenvalue weighted by atomic mass is 10.1. The number of para-hydroxylation sites is 1. The summed E-state index contributed by atoms with van der Waals surface area (Å²) in [6.07, 6.45) is 4.20. The van der Waals surface area contributed by atoms with Gasteiger partial charge in [-0.05, 0) is 83.1 Å². The number of aliphatic imine (C=N–C) groups is 1. The second kappa shape index (κ2) is 12.7. The van der Waals surface area contributed by atoms with Crippen molar-refractivity contribution in [3.63, 3.8) is 0 Å². The number of thioether (sulfide) groups is 1. The molecular weight excluding hydrogens is 651 g/mol. The molecule has 0 spiro atoms. The average Bonchev–Trinajstić information content (AvgIpc) is 3.39. The van der Waals surface area contributed by atoms with E-state index in [0.717, 1.165) is 32.4 Å². The van der Waals surface area contributed by atoms with Gasteiger partial charge < -0.3 is 14.2 Å².